The number of carbonyl (C=O) groups excluding carboxylic acids is 2. The number of aliphatic hydroxyl groups is 1. The van der Waals surface area contributed by atoms with E-state index in [-0.39, 0.29) is 16.5 Å². The Labute approximate surface area is 216 Å². The SMILES string of the molecule is COc1cc(C2C(=C(O)c3ccncc3)C(=O)C(=O)N2c2nnc(C)s2)ccc1OCc1ccccc1. The smallest absolute Gasteiger partial charge is 0.301 e. The van der Waals surface area contributed by atoms with Gasteiger partial charge in [-0.1, -0.05) is 47.7 Å². The number of amides is 1. The molecule has 1 aliphatic rings. The molecule has 1 unspecified atom stereocenters. The van der Waals surface area contributed by atoms with Crippen molar-refractivity contribution < 1.29 is 24.2 Å². The number of ether oxygens (including phenoxy) is 2. The number of rotatable bonds is 7. The maximum Gasteiger partial charge on any atom is 0.301 e. The molecule has 0 spiro atoms. The lowest BCUT2D eigenvalue weighted by Crippen LogP contribution is -2.29. The Morgan fingerprint density at radius 1 is 1.03 bits per heavy atom. The molecule has 3 heterocycles. The largest absolute Gasteiger partial charge is 0.507 e. The maximum atomic E-state index is 13.3. The van der Waals surface area contributed by atoms with Gasteiger partial charge in [0.05, 0.1) is 18.7 Å². The second-order valence-corrected chi connectivity index (χ2v) is 9.35. The lowest BCUT2D eigenvalue weighted by atomic mass is 9.95. The van der Waals surface area contributed by atoms with Crippen LogP contribution in [0.3, 0.4) is 0 Å². The molecule has 5 rings (SSSR count). The first kappa shape index (κ1) is 24.1. The average molecular weight is 515 g/mol. The summed E-state index contributed by atoms with van der Waals surface area (Å²) in [4.78, 5) is 31.7. The summed E-state index contributed by atoms with van der Waals surface area (Å²) in [6.07, 6.45) is 2.99. The molecular weight excluding hydrogens is 492 g/mol. The first-order valence-corrected chi connectivity index (χ1v) is 12.2. The molecule has 0 radical (unpaired) electrons. The van der Waals surface area contributed by atoms with E-state index in [1.54, 1.807) is 37.3 Å². The van der Waals surface area contributed by atoms with Crippen LogP contribution in [0.5, 0.6) is 11.5 Å². The topological polar surface area (TPSA) is 115 Å². The monoisotopic (exact) mass is 514 g/mol. The molecule has 2 aromatic heterocycles. The Balaban J connectivity index is 1.60. The summed E-state index contributed by atoms with van der Waals surface area (Å²) >= 11 is 1.18. The lowest BCUT2D eigenvalue weighted by molar-refractivity contribution is -0.132. The van der Waals surface area contributed by atoms with Crippen LogP contribution >= 0.6 is 11.3 Å². The summed E-state index contributed by atoms with van der Waals surface area (Å²) in [6.45, 7) is 2.09. The molecule has 186 valence electrons. The number of nitrogens with zero attached hydrogens (tertiary/aromatic N) is 4. The molecule has 9 nitrogen and oxygen atoms in total. The quantitative estimate of drug-likeness (QED) is 0.218. The summed E-state index contributed by atoms with van der Waals surface area (Å²) in [5.74, 6) is -1.03. The van der Waals surface area contributed by atoms with Crippen molar-refractivity contribution in [2.75, 3.05) is 12.0 Å². The highest BCUT2D eigenvalue weighted by atomic mass is 32.1. The number of pyridine rings is 1. The number of ketones is 1. The highest BCUT2D eigenvalue weighted by Crippen LogP contribution is 2.44. The minimum Gasteiger partial charge on any atom is -0.507 e. The van der Waals surface area contributed by atoms with E-state index in [0.717, 1.165) is 5.56 Å². The van der Waals surface area contributed by atoms with E-state index >= 15 is 0 Å². The number of anilines is 1. The van der Waals surface area contributed by atoms with Crippen LogP contribution in [0.15, 0.2) is 78.6 Å². The molecule has 10 heteroatoms. The van der Waals surface area contributed by atoms with Gasteiger partial charge >= 0.3 is 5.91 Å². The normalized spacial score (nSPS) is 16.7. The van der Waals surface area contributed by atoms with Gasteiger partial charge in [-0.2, -0.15) is 0 Å². The minimum absolute atomic E-state index is 0.0657. The fourth-order valence-electron chi connectivity index (χ4n) is 4.10. The van der Waals surface area contributed by atoms with Gasteiger partial charge in [-0.25, -0.2) is 0 Å². The fourth-order valence-corrected chi connectivity index (χ4v) is 4.82. The molecule has 1 fully saturated rings. The third-order valence-corrected chi connectivity index (χ3v) is 6.70. The predicted molar refractivity (Wildman–Crippen MR) is 137 cm³/mol. The number of hydrogen-bond acceptors (Lipinski definition) is 9. The van der Waals surface area contributed by atoms with Crippen LogP contribution in [-0.2, 0) is 16.2 Å². The van der Waals surface area contributed by atoms with Crippen LogP contribution in [-0.4, -0.2) is 39.1 Å². The fraction of sp³-hybridized carbons (Fsp3) is 0.148. The van der Waals surface area contributed by atoms with Gasteiger partial charge in [0.15, 0.2) is 11.5 Å². The Hall–Kier alpha value is -4.57. The van der Waals surface area contributed by atoms with Crippen molar-refractivity contribution in [3.05, 3.63) is 100 Å². The molecule has 1 atom stereocenters. The molecule has 0 aliphatic carbocycles. The summed E-state index contributed by atoms with van der Waals surface area (Å²) in [5.41, 5.74) is 1.82. The van der Waals surface area contributed by atoms with Crippen molar-refractivity contribution in [2.24, 2.45) is 0 Å². The lowest BCUT2D eigenvalue weighted by Gasteiger charge is -2.23. The third kappa shape index (κ3) is 4.66. The predicted octanol–water partition coefficient (Wildman–Crippen LogP) is 4.46. The standard InChI is InChI=1S/C27H22N4O5S/c1-16-29-30-27(37-16)31-23(22(25(33)26(31)34)24(32)18-10-12-28-13-11-18)19-8-9-20(21(14-19)35-2)36-15-17-6-4-3-5-7-17/h3-14,23,32H,15H2,1-2H3. The van der Waals surface area contributed by atoms with E-state index in [0.29, 0.717) is 34.2 Å². The number of hydrogen-bond donors (Lipinski definition) is 1. The van der Waals surface area contributed by atoms with E-state index in [1.807, 2.05) is 30.3 Å². The van der Waals surface area contributed by atoms with Gasteiger partial charge in [0, 0.05) is 18.0 Å². The molecule has 1 N–H and O–H groups in total. The first-order chi connectivity index (χ1) is 18.0. The molecule has 37 heavy (non-hydrogen) atoms. The highest BCUT2D eigenvalue weighted by Gasteiger charge is 2.48. The number of benzene rings is 2. The number of carbonyl (C=O) groups is 2. The number of aliphatic hydroxyl groups excluding tert-OH is 1. The van der Waals surface area contributed by atoms with Crippen LogP contribution in [0.4, 0.5) is 5.13 Å². The number of aryl methyl sites for hydroxylation is 1. The van der Waals surface area contributed by atoms with Crippen molar-refractivity contribution in [3.8, 4) is 11.5 Å². The zero-order valence-electron chi connectivity index (χ0n) is 20.0. The van der Waals surface area contributed by atoms with Crippen molar-refractivity contribution in [2.45, 2.75) is 19.6 Å². The van der Waals surface area contributed by atoms with E-state index < -0.39 is 17.7 Å². The van der Waals surface area contributed by atoms with Crippen molar-refractivity contribution >= 4 is 33.9 Å². The Morgan fingerprint density at radius 2 is 1.78 bits per heavy atom. The highest BCUT2D eigenvalue weighted by molar-refractivity contribution is 7.15. The van der Waals surface area contributed by atoms with Gasteiger partial charge in [0.25, 0.3) is 5.78 Å². The Bertz CT molecular complexity index is 1490. The summed E-state index contributed by atoms with van der Waals surface area (Å²) in [6, 6.07) is 17.0. The molecule has 2 aromatic carbocycles. The van der Waals surface area contributed by atoms with E-state index in [9.17, 15) is 14.7 Å². The number of methoxy groups -OCH3 is 1. The molecule has 1 amide bonds. The third-order valence-electron chi connectivity index (χ3n) is 5.86. The molecule has 1 aliphatic heterocycles. The first-order valence-electron chi connectivity index (χ1n) is 11.3. The molecule has 4 aromatic rings. The van der Waals surface area contributed by atoms with Crippen LogP contribution < -0.4 is 14.4 Å². The van der Waals surface area contributed by atoms with Gasteiger partial charge in [-0.05, 0) is 42.3 Å². The average Bonchev–Trinajstić information content (AvgIpc) is 3.48. The molecular formula is C27H22N4O5S. The Kier molecular flexibility index (Phi) is 6.65. The Morgan fingerprint density at radius 3 is 2.46 bits per heavy atom. The minimum atomic E-state index is -0.961. The van der Waals surface area contributed by atoms with Gasteiger partial charge in [-0.3, -0.25) is 19.5 Å². The van der Waals surface area contributed by atoms with Crippen LogP contribution in [0.25, 0.3) is 5.76 Å². The zero-order chi connectivity index (χ0) is 25.9. The second-order valence-electron chi connectivity index (χ2n) is 8.19. The summed E-state index contributed by atoms with van der Waals surface area (Å²) in [7, 11) is 1.51. The second kappa shape index (κ2) is 10.2. The van der Waals surface area contributed by atoms with Crippen LogP contribution in [0.1, 0.15) is 27.7 Å². The number of aromatic nitrogens is 3. The van der Waals surface area contributed by atoms with Crippen molar-refractivity contribution in [1.82, 2.24) is 15.2 Å². The summed E-state index contributed by atoms with van der Waals surface area (Å²) < 4.78 is 11.6. The van der Waals surface area contributed by atoms with E-state index in [2.05, 4.69) is 15.2 Å². The van der Waals surface area contributed by atoms with Crippen molar-refractivity contribution in [3.63, 3.8) is 0 Å². The number of Topliss-reactive ketones (excluding diaryl/α,β-unsaturated/α-hetero) is 1. The zero-order valence-corrected chi connectivity index (χ0v) is 20.8. The van der Waals surface area contributed by atoms with Gasteiger partial charge in [-0.15, -0.1) is 10.2 Å². The molecule has 0 bridgehead atoms. The van der Waals surface area contributed by atoms with Crippen LogP contribution in [0.2, 0.25) is 0 Å². The maximum absolute atomic E-state index is 13.3. The van der Waals surface area contributed by atoms with E-state index in [1.165, 1.54) is 35.7 Å². The molecule has 1 saturated heterocycles. The molecule has 0 saturated carbocycles. The van der Waals surface area contributed by atoms with Crippen LogP contribution in [0, 0.1) is 6.92 Å². The van der Waals surface area contributed by atoms with Crippen molar-refractivity contribution in [1.29, 1.82) is 0 Å². The van der Waals surface area contributed by atoms with Gasteiger partial charge in [0.1, 0.15) is 17.4 Å². The van der Waals surface area contributed by atoms with Gasteiger partial charge < -0.3 is 14.6 Å². The van der Waals surface area contributed by atoms with E-state index in [4.69, 9.17) is 9.47 Å². The van der Waals surface area contributed by atoms with Gasteiger partial charge in [0.2, 0.25) is 5.13 Å². The summed E-state index contributed by atoms with van der Waals surface area (Å²) in [5, 5.41) is 20.2.